The number of benzene rings is 2. The highest BCUT2D eigenvalue weighted by Gasteiger charge is 2.44. The fourth-order valence-electron chi connectivity index (χ4n) is 3.47. The second-order valence-electron chi connectivity index (χ2n) is 7.45. The zero-order chi connectivity index (χ0) is 24.0. The Bertz CT molecular complexity index is 1230. The molecule has 8 N–H and O–H groups in total. The van der Waals surface area contributed by atoms with Gasteiger partial charge in [0.2, 0.25) is 17.5 Å². The van der Waals surface area contributed by atoms with E-state index in [0.29, 0.717) is 0 Å². The molecule has 33 heavy (non-hydrogen) atoms. The minimum absolute atomic E-state index is 0.00280. The van der Waals surface area contributed by atoms with Crippen molar-refractivity contribution < 1.29 is 54.7 Å². The van der Waals surface area contributed by atoms with Crippen molar-refractivity contribution in [2.45, 2.75) is 30.7 Å². The van der Waals surface area contributed by atoms with Crippen molar-refractivity contribution in [1.82, 2.24) is 0 Å². The largest absolute Gasteiger partial charge is 0.504 e. The first kappa shape index (κ1) is 22.6. The molecule has 12 nitrogen and oxygen atoms in total. The lowest BCUT2D eigenvalue weighted by Crippen LogP contribution is -2.60. The number of phenols is 3. The van der Waals surface area contributed by atoms with E-state index in [4.69, 9.17) is 13.9 Å². The fraction of sp³-hybridized carbons (Fsp3) is 0.286. The van der Waals surface area contributed by atoms with Gasteiger partial charge in [-0.3, -0.25) is 4.79 Å². The molecule has 2 aromatic carbocycles. The van der Waals surface area contributed by atoms with Crippen LogP contribution >= 0.6 is 0 Å². The summed E-state index contributed by atoms with van der Waals surface area (Å²) < 4.78 is 16.4. The highest BCUT2D eigenvalue weighted by Crippen LogP contribution is 2.41. The van der Waals surface area contributed by atoms with Crippen LogP contribution in [0.2, 0.25) is 0 Å². The molecule has 1 aromatic heterocycles. The van der Waals surface area contributed by atoms with E-state index >= 15 is 0 Å². The number of hydrogen-bond acceptors (Lipinski definition) is 12. The minimum atomic E-state index is -1.66. The lowest BCUT2D eigenvalue weighted by Gasteiger charge is -2.39. The van der Waals surface area contributed by atoms with Crippen LogP contribution in [0.5, 0.6) is 28.7 Å². The summed E-state index contributed by atoms with van der Waals surface area (Å²) in [6.45, 7) is -0.646. The van der Waals surface area contributed by atoms with Gasteiger partial charge in [0.1, 0.15) is 35.7 Å². The summed E-state index contributed by atoms with van der Waals surface area (Å²) in [4.78, 5) is 12.6. The molecule has 176 valence electrons. The molecule has 0 radical (unpaired) electrons. The van der Waals surface area contributed by atoms with E-state index in [1.807, 2.05) is 0 Å². The zero-order valence-corrected chi connectivity index (χ0v) is 16.7. The molecule has 1 saturated heterocycles. The molecule has 1 aliphatic rings. The van der Waals surface area contributed by atoms with Gasteiger partial charge in [0, 0.05) is 11.6 Å². The van der Waals surface area contributed by atoms with Gasteiger partial charge in [-0.15, -0.1) is 0 Å². The number of rotatable bonds is 4. The van der Waals surface area contributed by atoms with Gasteiger partial charge in [0.05, 0.1) is 12.0 Å². The van der Waals surface area contributed by atoms with Crippen molar-refractivity contribution in [3.05, 3.63) is 40.6 Å². The molecule has 2 heterocycles. The van der Waals surface area contributed by atoms with Crippen molar-refractivity contribution in [1.29, 1.82) is 0 Å². The number of fused-ring (bicyclic) bond motifs is 1. The number of aliphatic hydroxyl groups is 4. The normalized spacial score (nSPS) is 25.3. The van der Waals surface area contributed by atoms with Crippen LogP contribution < -0.4 is 10.2 Å². The van der Waals surface area contributed by atoms with Crippen molar-refractivity contribution in [2.24, 2.45) is 0 Å². The van der Waals surface area contributed by atoms with Crippen molar-refractivity contribution in [3.8, 4) is 40.1 Å². The van der Waals surface area contributed by atoms with E-state index in [1.165, 1.54) is 18.2 Å². The average Bonchev–Trinajstić information content (AvgIpc) is 2.79. The van der Waals surface area contributed by atoms with Crippen LogP contribution in [0.4, 0.5) is 0 Å². The molecule has 0 aliphatic carbocycles. The monoisotopic (exact) mass is 464 g/mol. The smallest absolute Gasteiger partial charge is 0.235 e. The van der Waals surface area contributed by atoms with Gasteiger partial charge in [0.25, 0.3) is 0 Å². The highest BCUT2D eigenvalue weighted by molar-refractivity contribution is 5.83. The lowest BCUT2D eigenvalue weighted by molar-refractivity contribution is -0.277. The van der Waals surface area contributed by atoms with Gasteiger partial charge in [-0.2, -0.15) is 0 Å². The molecule has 0 amide bonds. The Morgan fingerprint density at radius 3 is 2.18 bits per heavy atom. The van der Waals surface area contributed by atoms with Crippen LogP contribution in [-0.4, -0.2) is 78.2 Å². The molecule has 0 unspecified atom stereocenters. The number of hydrogen-bond donors (Lipinski definition) is 8. The zero-order valence-electron chi connectivity index (χ0n) is 16.7. The second-order valence-corrected chi connectivity index (χ2v) is 7.45. The van der Waals surface area contributed by atoms with Gasteiger partial charge >= 0.3 is 0 Å². The van der Waals surface area contributed by atoms with Crippen LogP contribution in [0.1, 0.15) is 0 Å². The summed E-state index contributed by atoms with van der Waals surface area (Å²) >= 11 is 0. The van der Waals surface area contributed by atoms with Crippen LogP contribution in [0, 0.1) is 0 Å². The second kappa shape index (κ2) is 8.42. The van der Waals surface area contributed by atoms with Gasteiger partial charge in [-0.05, 0) is 24.3 Å². The number of ether oxygens (including phenoxy) is 2. The molecule has 12 heteroatoms. The molecule has 1 aliphatic heterocycles. The predicted octanol–water partition coefficient (Wildman–Crippen LogP) is -0.539. The number of aliphatic hydroxyl groups excluding tert-OH is 4. The van der Waals surface area contributed by atoms with Crippen LogP contribution in [-0.2, 0) is 4.74 Å². The summed E-state index contributed by atoms with van der Waals surface area (Å²) in [7, 11) is 0. The molecular formula is C21H20O12. The van der Waals surface area contributed by atoms with Crippen LogP contribution in [0.3, 0.4) is 0 Å². The quantitative estimate of drug-likeness (QED) is 0.229. The summed E-state index contributed by atoms with van der Waals surface area (Å²) in [6, 6.07) is 5.72. The molecule has 5 atom stereocenters. The highest BCUT2D eigenvalue weighted by atomic mass is 16.7. The van der Waals surface area contributed by atoms with Crippen molar-refractivity contribution >= 4 is 11.0 Å². The van der Waals surface area contributed by atoms with Gasteiger partial charge < -0.3 is 54.7 Å². The molecular weight excluding hydrogens is 444 g/mol. The Morgan fingerprint density at radius 1 is 0.879 bits per heavy atom. The van der Waals surface area contributed by atoms with E-state index in [0.717, 1.165) is 12.1 Å². The summed E-state index contributed by atoms with van der Waals surface area (Å²) in [5.41, 5.74) is -1.04. The Hall–Kier alpha value is -3.55. The van der Waals surface area contributed by atoms with Crippen molar-refractivity contribution in [2.75, 3.05) is 6.61 Å². The Kier molecular flexibility index (Phi) is 5.78. The predicted molar refractivity (Wildman–Crippen MR) is 109 cm³/mol. The molecule has 3 aromatic rings. The summed E-state index contributed by atoms with van der Waals surface area (Å²) in [5, 5.41) is 78.4. The van der Waals surface area contributed by atoms with Gasteiger partial charge in [-0.1, -0.05) is 0 Å². The lowest BCUT2D eigenvalue weighted by atomic mass is 9.99. The first-order valence-electron chi connectivity index (χ1n) is 9.64. The van der Waals surface area contributed by atoms with E-state index < -0.39 is 71.5 Å². The molecule has 4 rings (SSSR count). The Morgan fingerprint density at radius 2 is 1.55 bits per heavy atom. The first-order valence-corrected chi connectivity index (χ1v) is 9.64. The average molecular weight is 464 g/mol. The molecule has 0 spiro atoms. The SMILES string of the molecule is O=c1c(O)c(-c2cc(O)c(O)c(O)c2)oc2cc(O[C@@H]3O[C@H](CO)[C@@H](O)[C@H](O)[C@H]3O)ccc12. The summed E-state index contributed by atoms with van der Waals surface area (Å²) in [5.74, 6) is -3.45. The third kappa shape index (κ3) is 3.90. The number of phenolic OH excluding ortho intramolecular Hbond substituents is 3. The molecule has 0 saturated carbocycles. The maximum Gasteiger partial charge on any atom is 0.235 e. The summed E-state index contributed by atoms with van der Waals surface area (Å²) in [6.07, 6.45) is -7.55. The third-order valence-corrected chi connectivity index (χ3v) is 5.27. The minimum Gasteiger partial charge on any atom is -0.504 e. The Balaban J connectivity index is 1.73. The van der Waals surface area contributed by atoms with Gasteiger partial charge in [0.15, 0.2) is 23.0 Å². The van der Waals surface area contributed by atoms with E-state index in [1.54, 1.807) is 0 Å². The first-order chi connectivity index (χ1) is 15.6. The molecule has 1 fully saturated rings. The third-order valence-electron chi connectivity index (χ3n) is 5.27. The van der Waals surface area contributed by atoms with Crippen LogP contribution in [0.25, 0.3) is 22.3 Å². The van der Waals surface area contributed by atoms with E-state index in [9.17, 15) is 45.6 Å². The van der Waals surface area contributed by atoms with Crippen molar-refractivity contribution in [3.63, 3.8) is 0 Å². The van der Waals surface area contributed by atoms with E-state index in [-0.39, 0.29) is 22.3 Å². The number of aromatic hydroxyl groups is 4. The topological polar surface area (TPSA) is 211 Å². The Labute approximate surface area is 184 Å². The maximum absolute atomic E-state index is 12.6. The van der Waals surface area contributed by atoms with Gasteiger partial charge in [-0.25, -0.2) is 0 Å². The maximum atomic E-state index is 12.6. The van der Waals surface area contributed by atoms with E-state index in [2.05, 4.69) is 0 Å². The standard InChI is InChI=1S/C21H20O12/c22-6-13-16(27)17(28)19(30)21(33-13)31-8-1-2-9-12(5-8)32-20(18(29)14(9)25)7-3-10(23)15(26)11(24)4-7/h1-5,13,16-17,19,21-24,26-30H,6H2/t13-,16-,17+,19-,21-/m1/s1. The fourth-order valence-corrected chi connectivity index (χ4v) is 3.47. The van der Waals surface area contributed by atoms with Crippen LogP contribution in [0.15, 0.2) is 39.5 Å². The molecule has 0 bridgehead atoms.